The molecule has 0 bridgehead atoms. The summed E-state index contributed by atoms with van der Waals surface area (Å²) in [5, 5.41) is 0. The Bertz CT molecular complexity index is 275. The van der Waals surface area contributed by atoms with Crippen molar-refractivity contribution in [2.45, 2.75) is 13.3 Å². The Hall–Kier alpha value is -1.12. The normalized spacial score (nSPS) is 29.4. The number of hydrogen-bond donors (Lipinski definition) is 0. The highest BCUT2D eigenvalue weighted by molar-refractivity contribution is 6.08. The summed E-state index contributed by atoms with van der Waals surface area (Å²) in [4.78, 5) is 22.0. The van der Waals surface area contributed by atoms with Gasteiger partial charge >= 0.3 is 5.97 Å². The molecule has 0 radical (unpaired) electrons. The maximum atomic E-state index is 11.1. The molecule has 1 atom stereocenters. The number of esters is 1. The van der Waals surface area contributed by atoms with Gasteiger partial charge in [0.15, 0.2) is 5.78 Å². The number of fused-ring (bicyclic) bond motifs is 1. The molecule has 3 heteroatoms. The quantitative estimate of drug-likeness (QED) is 0.473. The Morgan fingerprint density at radius 2 is 2.18 bits per heavy atom. The lowest BCUT2D eigenvalue weighted by atomic mass is 10.1. The standard InChI is InChI=1S/C8H8O3/c1-4-6(9)2-5-3-11-8(10)7(4)5/h5H,2-3H2,1H3. The lowest BCUT2D eigenvalue weighted by Crippen LogP contribution is -2.01. The van der Waals surface area contributed by atoms with Crippen LogP contribution in [0.15, 0.2) is 11.1 Å². The number of rotatable bonds is 0. The predicted octanol–water partition coefficient (Wildman–Crippen LogP) is 0.449. The van der Waals surface area contributed by atoms with Crippen LogP contribution in [0.4, 0.5) is 0 Å². The molecule has 0 amide bonds. The van der Waals surface area contributed by atoms with Crippen LogP contribution in [-0.2, 0) is 14.3 Å². The Morgan fingerprint density at radius 3 is 2.82 bits per heavy atom. The monoisotopic (exact) mass is 152 g/mol. The van der Waals surface area contributed by atoms with E-state index in [4.69, 9.17) is 4.74 Å². The first-order valence-corrected chi connectivity index (χ1v) is 3.61. The minimum absolute atomic E-state index is 0.0648. The molecule has 11 heavy (non-hydrogen) atoms. The Labute approximate surface area is 64.0 Å². The van der Waals surface area contributed by atoms with Gasteiger partial charge in [-0.3, -0.25) is 4.79 Å². The van der Waals surface area contributed by atoms with E-state index in [9.17, 15) is 9.59 Å². The van der Waals surface area contributed by atoms with Gasteiger partial charge in [0.25, 0.3) is 0 Å². The zero-order chi connectivity index (χ0) is 8.01. The molecular formula is C8H8O3. The number of allylic oxidation sites excluding steroid dienone is 1. The second-order valence-corrected chi connectivity index (χ2v) is 2.96. The summed E-state index contributed by atoms with van der Waals surface area (Å²) in [6, 6.07) is 0. The Morgan fingerprint density at radius 1 is 1.45 bits per heavy atom. The lowest BCUT2D eigenvalue weighted by molar-refractivity contribution is -0.135. The van der Waals surface area contributed by atoms with Crippen molar-refractivity contribution in [2.24, 2.45) is 5.92 Å². The van der Waals surface area contributed by atoms with Crippen molar-refractivity contribution in [1.29, 1.82) is 0 Å². The van der Waals surface area contributed by atoms with Crippen molar-refractivity contribution in [3.8, 4) is 0 Å². The van der Waals surface area contributed by atoms with Gasteiger partial charge in [0, 0.05) is 17.9 Å². The highest BCUT2D eigenvalue weighted by Crippen LogP contribution is 2.34. The van der Waals surface area contributed by atoms with E-state index in [0.717, 1.165) is 0 Å². The van der Waals surface area contributed by atoms with Crippen LogP contribution in [0.3, 0.4) is 0 Å². The average Bonchev–Trinajstić information content (AvgIpc) is 2.41. The number of ether oxygens (including phenoxy) is 1. The largest absolute Gasteiger partial charge is 0.462 e. The van der Waals surface area contributed by atoms with Gasteiger partial charge in [0.1, 0.15) is 0 Å². The molecule has 2 aliphatic rings. The molecule has 0 saturated carbocycles. The van der Waals surface area contributed by atoms with Crippen LogP contribution in [0, 0.1) is 5.92 Å². The maximum absolute atomic E-state index is 11.1. The maximum Gasteiger partial charge on any atom is 0.334 e. The summed E-state index contributed by atoms with van der Waals surface area (Å²) in [6.45, 7) is 2.10. The first-order valence-electron chi connectivity index (χ1n) is 3.61. The molecule has 1 aliphatic carbocycles. The molecule has 0 aromatic heterocycles. The highest BCUT2D eigenvalue weighted by Gasteiger charge is 2.40. The predicted molar refractivity (Wildman–Crippen MR) is 36.8 cm³/mol. The first kappa shape index (κ1) is 6.58. The number of cyclic esters (lactones) is 1. The number of ketones is 1. The highest BCUT2D eigenvalue weighted by atomic mass is 16.5. The van der Waals surface area contributed by atoms with Crippen LogP contribution in [0.5, 0.6) is 0 Å². The van der Waals surface area contributed by atoms with Gasteiger partial charge in [-0.2, -0.15) is 0 Å². The van der Waals surface area contributed by atoms with Gasteiger partial charge < -0.3 is 4.74 Å². The smallest absolute Gasteiger partial charge is 0.334 e. The number of Topliss-reactive ketones (excluding diaryl/α,β-unsaturated/α-hetero) is 1. The fourth-order valence-corrected chi connectivity index (χ4v) is 1.65. The van der Waals surface area contributed by atoms with Gasteiger partial charge in [-0.05, 0) is 6.92 Å². The van der Waals surface area contributed by atoms with E-state index in [1.165, 1.54) is 0 Å². The number of hydrogen-bond acceptors (Lipinski definition) is 3. The Kier molecular flexibility index (Phi) is 1.16. The fraction of sp³-hybridized carbons (Fsp3) is 0.500. The summed E-state index contributed by atoms with van der Waals surface area (Å²) in [7, 11) is 0. The number of carbonyl (C=O) groups excluding carboxylic acids is 2. The molecule has 1 heterocycles. The van der Waals surface area contributed by atoms with Crippen molar-refractivity contribution in [1.82, 2.24) is 0 Å². The van der Waals surface area contributed by atoms with E-state index < -0.39 is 0 Å². The van der Waals surface area contributed by atoms with Crippen molar-refractivity contribution in [3.05, 3.63) is 11.1 Å². The molecule has 1 fully saturated rings. The third kappa shape index (κ3) is 0.737. The summed E-state index contributed by atoms with van der Waals surface area (Å²) in [5.74, 6) is -0.130. The van der Waals surface area contributed by atoms with E-state index in [2.05, 4.69) is 0 Å². The molecule has 0 aromatic carbocycles. The molecule has 0 aromatic rings. The van der Waals surface area contributed by atoms with E-state index >= 15 is 0 Å². The number of carbonyl (C=O) groups is 2. The van der Waals surface area contributed by atoms with Gasteiger partial charge in [-0.1, -0.05) is 0 Å². The van der Waals surface area contributed by atoms with Gasteiger partial charge in [-0.15, -0.1) is 0 Å². The van der Waals surface area contributed by atoms with Gasteiger partial charge in [0.2, 0.25) is 0 Å². The van der Waals surface area contributed by atoms with Crippen LogP contribution in [0.25, 0.3) is 0 Å². The SMILES string of the molecule is CC1=C2C(=O)OCC2CC1=O. The fourth-order valence-electron chi connectivity index (χ4n) is 1.65. The minimum atomic E-state index is -0.293. The van der Waals surface area contributed by atoms with Crippen molar-refractivity contribution in [3.63, 3.8) is 0 Å². The van der Waals surface area contributed by atoms with Gasteiger partial charge in [-0.25, -0.2) is 4.79 Å². The lowest BCUT2D eigenvalue weighted by Gasteiger charge is -1.94. The molecule has 3 nitrogen and oxygen atoms in total. The second-order valence-electron chi connectivity index (χ2n) is 2.96. The molecule has 0 spiro atoms. The summed E-state index contributed by atoms with van der Waals surface area (Å²) in [6.07, 6.45) is 0.465. The van der Waals surface area contributed by atoms with Crippen molar-refractivity contribution in [2.75, 3.05) is 6.61 Å². The molecule has 2 rings (SSSR count). The third-order valence-electron chi connectivity index (χ3n) is 2.30. The zero-order valence-electron chi connectivity index (χ0n) is 6.22. The minimum Gasteiger partial charge on any atom is -0.462 e. The van der Waals surface area contributed by atoms with E-state index in [0.29, 0.717) is 24.2 Å². The molecule has 1 unspecified atom stereocenters. The average molecular weight is 152 g/mol. The molecular weight excluding hydrogens is 144 g/mol. The Balaban J connectivity index is 2.48. The first-order chi connectivity index (χ1) is 5.20. The van der Waals surface area contributed by atoms with E-state index in [-0.39, 0.29) is 17.7 Å². The molecule has 1 aliphatic heterocycles. The van der Waals surface area contributed by atoms with Crippen LogP contribution in [-0.4, -0.2) is 18.4 Å². The molecule has 1 saturated heterocycles. The zero-order valence-corrected chi connectivity index (χ0v) is 6.22. The summed E-state index contributed by atoms with van der Waals surface area (Å²) < 4.78 is 4.79. The van der Waals surface area contributed by atoms with Crippen LogP contribution >= 0.6 is 0 Å². The second kappa shape index (κ2) is 1.94. The summed E-state index contributed by atoms with van der Waals surface area (Å²) in [5.41, 5.74) is 1.23. The molecule has 58 valence electrons. The van der Waals surface area contributed by atoms with E-state index in [1.807, 2.05) is 0 Å². The van der Waals surface area contributed by atoms with Crippen molar-refractivity contribution < 1.29 is 14.3 Å². The van der Waals surface area contributed by atoms with Crippen LogP contribution < -0.4 is 0 Å². The third-order valence-corrected chi connectivity index (χ3v) is 2.30. The van der Waals surface area contributed by atoms with E-state index in [1.54, 1.807) is 6.92 Å². The van der Waals surface area contributed by atoms with Gasteiger partial charge in [0.05, 0.1) is 12.2 Å². The van der Waals surface area contributed by atoms with Crippen LogP contribution in [0.2, 0.25) is 0 Å². The van der Waals surface area contributed by atoms with Crippen molar-refractivity contribution >= 4 is 11.8 Å². The van der Waals surface area contributed by atoms with Crippen LogP contribution in [0.1, 0.15) is 13.3 Å². The summed E-state index contributed by atoms with van der Waals surface area (Å²) >= 11 is 0. The molecule has 0 N–H and O–H groups in total. The topological polar surface area (TPSA) is 43.4 Å².